The van der Waals surface area contributed by atoms with Gasteiger partial charge < -0.3 is 10.0 Å². The first-order chi connectivity index (χ1) is 9.29. The Morgan fingerprint density at radius 1 is 1.35 bits per heavy atom. The van der Waals surface area contributed by atoms with Crippen LogP contribution in [0, 0.1) is 0 Å². The molecule has 0 aromatic carbocycles. The third kappa shape index (κ3) is 3.05. The summed E-state index contributed by atoms with van der Waals surface area (Å²) in [6.45, 7) is 3.20. The van der Waals surface area contributed by atoms with Gasteiger partial charge in [0.2, 0.25) is 10.0 Å². The number of anilines is 1. The molecule has 1 atom stereocenters. The molecule has 1 N–H and O–H groups in total. The predicted molar refractivity (Wildman–Crippen MR) is 72.2 cm³/mol. The number of aromatic carboxylic acids is 1. The second kappa shape index (κ2) is 5.33. The second-order valence-corrected chi connectivity index (χ2v) is 6.67. The summed E-state index contributed by atoms with van der Waals surface area (Å²) in [5.74, 6) is -0.575. The normalized spacial score (nSPS) is 20.9. The lowest BCUT2D eigenvalue weighted by Gasteiger charge is -2.38. The van der Waals surface area contributed by atoms with Gasteiger partial charge in [0.05, 0.1) is 18.6 Å². The summed E-state index contributed by atoms with van der Waals surface area (Å²) in [6.07, 6.45) is 3.79. The zero-order valence-corrected chi connectivity index (χ0v) is 12.0. The molecule has 8 nitrogen and oxygen atoms in total. The van der Waals surface area contributed by atoms with Gasteiger partial charge in [0.15, 0.2) is 5.69 Å². The standard InChI is InChI=1S/C11H16N4O4S/c1-8-7-14(3-4-15(8)20(2,18)19)10-6-12-9(5-13-10)11(16)17/h5-6,8H,3-4,7H2,1-2H3,(H,16,17)/t8-/m0/s1. The average molecular weight is 300 g/mol. The summed E-state index contributed by atoms with van der Waals surface area (Å²) in [4.78, 5) is 20.5. The van der Waals surface area contributed by atoms with Crippen molar-refractivity contribution < 1.29 is 18.3 Å². The van der Waals surface area contributed by atoms with Crippen LogP contribution in [-0.4, -0.2) is 65.7 Å². The predicted octanol–water partition coefficient (Wildman–Crippen LogP) is -0.355. The molecule has 1 aliphatic heterocycles. The maximum absolute atomic E-state index is 11.6. The van der Waals surface area contributed by atoms with Gasteiger partial charge in [-0.2, -0.15) is 4.31 Å². The number of nitrogens with zero attached hydrogens (tertiary/aromatic N) is 4. The van der Waals surface area contributed by atoms with E-state index in [1.165, 1.54) is 23.0 Å². The number of aromatic nitrogens is 2. The second-order valence-electron chi connectivity index (χ2n) is 4.73. The highest BCUT2D eigenvalue weighted by atomic mass is 32.2. The van der Waals surface area contributed by atoms with Crippen LogP contribution in [0.4, 0.5) is 5.82 Å². The molecule has 0 spiro atoms. The fourth-order valence-corrected chi connectivity index (χ4v) is 3.37. The Bertz CT molecular complexity index is 601. The maximum atomic E-state index is 11.6. The van der Waals surface area contributed by atoms with E-state index in [0.29, 0.717) is 25.5 Å². The molecule has 1 aliphatic rings. The summed E-state index contributed by atoms with van der Waals surface area (Å²) in [5.41, 5.74) is -0.114. The smallest absolute Gasteiger partial charge is 0.356 e. The molecule has 2 heterocycles. The Morgan fingerprint density at radius 2 is 2.05 bits per heavy atom. The summed E-state index contributed by atoms with van der Waals surface area (Å²) < 4.78 is 24.6. The van der Waals surface area contributed by atoms with Crippen molar-refractivity contribution in [2.24, 2.45) is 0 Å². The van der Waals surface area contributed by atoms with E-state index in [9.17, 15) is 13.2 Å². The van der Waals surface area contributed by atoms with Crippen LogP contribution >= 0.6 is 0 Å². The Hall–Kier alpha value is -1.74. The van der Waals surface area contributed by atoms with Crippen molar-refractivity contribution in [1.82, 2.24) is 14.3 Å². The van der Waals surface area contributed by atoms with Crippen LogP contribution in [0.25, 0.3) is 0 Å². The first kappa shape index (κ1) is 14.7. The average Bonchev–Trinajstić information content (AvgIpc) is 2.37. The number of hydrogen-bond acceptors (Lipinski definition) is 6. The summed E-state index contributed by atoms with van der Waals surface area (Å²) in [6, 6.07) is -0.167. The molecule has 0 saturated carbocycles. The molecule has 0 unspecified atom stereocenters. The van der Waals surface area contributed by atoms with Crippen LogP contribution < -0.4 is 4.90 Å². The Balaban J connectivity index is 2.11. The van der Waals surface area contributed by atoms with Gasteiger partial charge in [0.1, 0.15) is 5.82 Å². The minimum Gasteiger partial charge on any atom is -0.476 e. The topological polar surface area (TPSA) is 104 Å². The number of carbonyl (C=O) groups is 1. The van der Waals surface area contributed by atoms with Gasteiger partial charge in [-0.25, -0.2) is 23.2 Å². The van der Waals surface area contributed by atoms with Crippen LogP contribution in [0.3, 0.4) is 0 Å². The minimum absolute atomic E-state index is 0.114. The molecular weight excluding hydrogens is 284 g/mol. The molecule has 0 radical (unpaired) electrons. The number of rotatable bonds is 3. The number of sulfonamides is 1. The highest BCUT2D eigenvalue weighted by Crippen LogP contribution is 2.18. The Kier molecular flexibility index (Phi) is 3.91. The number of carboxylic acid groups (broad SMARTS) is 1. The molecule has 1 fully saturated rings. The number of piperazine rings is 1. The van der Waals surface area contributed by atoms with Gasteiger partial charge in [-0.15, -0.1) is 0 Å². The van der Waals surface area contributed by atoms with Crippen molar-refractivity contribution >= 4 is 21.8 Å². The lowest BCUT2D eigenvalue weighted by atomic mass is 10.2. The van der Waals surface area contributed by atoms with E-state index in [1.807, 2.05) is 11.8 Å². The van der Waals surface area contributed by atoms with Crippen molar-refractivity contribution in [2.45, 2.75) is 13.0 Å². The first-order valence-corrected chi connectivity index (χ1v) is 7.91. The molecular formula is C11H16N4O4S. The lowest BCUT2D eigenvalue weighted by molar-refractivity contribution is 0.0690. The SMILES string of the molecule is C[C@H]1CN(c2cnc(C(=O)O)cn2)CCN1S(C)(=O)=O. The van der Waals surface area contributed by atoms with Crippen LogP contribution in [0.1, 0.15) is 17.4 Å². The minimum atomic E-state index is -3.21. The van der Waals surface area contributed by atoms with Crippen molar-refractivity contribution in [3.05, 3.63) is 18.1 Å². The van der Waals surface area contributed by atoms with Crippen molar-refractivity contribution in [3.8, 4) is 0 Å². The van der Waals surface area contributed by atoms with E-state index in [2.05, 4.69) is 9.97 Å². The van der Waals surface area contributed by atoms with E-state index < -0.39 is 16.0 Å². The molecule has 1 saturated heterocycles. The number of carboxylic acids is 1. The molecule has 20 heavy (non-hydrogen) atoms. The zero-order chi connectivity index (χ0) is 14.9. The molecule has 1 aromatic rings. The zero-order valence-electron chi connectivity index (χ0n) is 11.2. The molecule has 0 aliphatic carbocycles. The van der Waals surface area contributed by atoms with Gasteiger partial charge in [0.25, 0.3) is 0 Å². The van der Waals surface area contributed by atoms with Gasteiger partial charge in [0, 0.05) is 25.7 Å². The highest BCUT2D eigenvalue weighted by Gasteiger charge is 2.30. The maximum Gasteiger partial charge on any atom is 0.356 e. The van der Waals surface area contributed by atoms with Gasteiger partial charge in [-0.05, 0) is 6.92 Å². The molecule has 0 amide bonds. The Labute approximate surface area is 117 Å². The van der Waals surface area contributed by atoms with Crippen LogP contribution in [-0.2, 0) is 10.0 Å². The van der Waals surface area contributed by atoms with Gasteiger partial charge in [-0.1, -0.05) is 0 Å². The van der Waals surface area contributed by atoms with Crippen molar-refractivity contribution in [1.29, 1.82) is 0 Å². The highest BCUT2D eigenvalue weighted by molar-refractivity contribution is 7.88. The largest absolute Gasteiger partial charge is 0.476 e. The monoisotopic (exact) mass is 300 g/mol. The van der Waals surface area contributed by atoms with E-state index in [-0.39, 0.29) is 11.7 Å². The van der Waals surface area contributed by atoms with Crippen LogP contribution in [0.15, 0.2) is 12.4 Å². The lowest BCUT2D eigenvalue weighted by Crippen LogP contribution is -2.53. The molecule has 2 rings (SSSR count). The third-order valence-corrected chi connectivity index (χ3v) is 4.57. The Morgan fingerprint density at radius 3 is 2.50 bits per heavy atom. The molecule has 9 heteroatoms. The van der Waals surface area contributed by atoms with Crippen LogP contribution in [0.2, 0.25) is 0 Å². The number of hydrogen-bond donors (Lipinski definition) is 1. The summed E-state index contributed by atoms with van der Waals surface area (Å²) in [7, 11) is -3.21. The van der Waals surface area contributed by atoms with Crippen molar-refractivity contribution in [3.63, 3.8) is 0 Å². The van der Waals surface area contributed by atoms with Gasteiger partial charge in [-0.3, -0.25) is 0 Å². The quantitative estimate of drug-likeness (QED) is 0.813. The van der Waals surface area contributed by atoms with Crippen LogP contribution in [0.5, 0.6) is 0 Å². The van der Waals surface area contributed by atoms with Crippen molar-refractivity contribution in [2.75, 3.05) is 30.8 Å². The molecule has 110 valence electrons. The fourth-order valence-electron chi connectivity index (χ4n) is 2.24. The van der Waals surface area contributed by atoms with E-state index in [4.69, 9.17) is 5.11 Å². The van der Waals surface area contributed by atoms with Gasteiger partial charge >= 0.3 is 5.97 Å². The molecule has 1 aromatic heterocycles. The summed E-state index contributed by atoms with van der Waals surface area (Å²) in [5, 5.41) is 8.76. The molecule has 0 bridgehead atoms. The van der Waals surface area contributed by atoms with E-state index >= 15 is 0 Å². The van der Waals surface area contributed by atoms with E-state index in [1.54, 1.807) is 0 Å². The first-order valence-electron chi connectivity index (χ1n) is 6.06. The summed E-state index contributed by atoms with van der Waals surface area (Å²) >= 11 is 0. The van der Waals surface area contributed by atoms with E-state index in [0.717, 1.165) is 0 Å². The fraction of sp³-hybridized carbons (Fsp3) is 0.545. The third-order valence-electron chi connectivity index (χ3n) is 3.17.